The molecule has 6 rings (SSSR count). The smallest absolute Gasteiger partial charge is 0.459 e. The average molecular weight is 699 g/mol. The second-order valence-corrected chi connectivity index (χ2v) is 14.7. The van der Waals surface area contributed by atoms with Crippen LogP contribution in [0.15, 0.2) is 48.8 Å². The van der Waals surface area contributed by atoms with E-state index in [-0.39, 0.29) is 40.8 Å². The first-order valence-electron chi connectivity index (χ1n) is 16.4. The second-order valence-electron chi connectivity index (χ2n) is 13.0. The lowest BCUT2D eigenvalue weighted by atomic mass is 9.96. The predicted molar refractivity (Wildman–Crippen MR) is 180 cm³/mol. The molecule has 2 aliphatic rings. The van der Waals surface area contributed by atoms with Crippen molar-refractivity contribution in [3.05, 3.63) is 48.8 Å². The Morgan fingerprint density at radius 3 is 2.63 bits per heavy atom. The normalized spacial score (nSPS) is 25.0. The molecule has 3 heterocycles. The SMILES string of the molecule is COc1nc(N)nc2c1ncn2C1OC(COP(=O)(NC(C(=O)OC2CCCCC2)C(C)C)Oc2cccc3ccccc23)C(O)C1(C)O. The number of anilines is 1. The molecule has 16 heteroatoms. The van der Waals surface area contributed by atoms with Crippen LogP contribution in [0.2, 0.25) is 0 Å². The Hall–Kier alpha value is -3.85. The number of methoxy groups -OCH3 is 1. The number of imidazole rings is 1. The van der Waals surface area contributed by atoms with E-state index in [0.717, 1.165) is 37.5 Å². The molecule has 1 saturated heterocycles. The maximum absolute atomic E-state index is 14.7. The summed E-state index contributed by atoms with van der Waals surface area (Å²) < 4.78 is 45.5. The fourth-order valence-electron chi connectivity index (χ4n) is 6.33. The van der Waals surface area contributed by atoms with Crippen molar-refractivity contribution in [1.29, 1.82) is 0 Å². The van der Waals surface area contributed by atoms with Crippen molar-refractivity contribution in [3.63, 3.8) is 0 Å². The lowest BCUT2D eigenvalue weighted by molar-refractivity contribution is -0.153. The predicted octanol–water partition coefficient (Wildman–Crippen LogP) is 4.27. The van der Waals surface area contributed by atoms with Gasteiger partial charge in [-0.3, -0.25) is 13.9 Å². The lowest BCUT2D eigenvalue weighted by Crippen LogP contribution is -2.45. The fourth-order valence-corrected chi connectivity index (χ4v) is 8.02. The molecule has 15 nitrogen and oxygen atoms in total. The van der Waals surface area contributed by atoms with Crippen LogP contribution in [-0.4, -0.2) is 79.4 Å². The van der Waals surface area contributed by atoms with E-state index in [1.807, 2.05) is 30.3 Å². The van der Waals surface area contributed by atoms with Crippen molar-refractivity contribution < 1.29 is 42.8 Å². The maximum atomic E-state index is 14.7. The zero-order valence-corrected chi connectivity index (χ0v) is 28.8. The van der Waals surface area contributed by atoms with E-state index in [9.17, 15) is 19.6 Å². The van der Waals surface area contributed by atoms with Crippen LogP contribution in [0.3, 0.4) is 0 Å². The highest BCUT2D eigenvalue weighted by atomic mass is 31.2. The highest BCUT2D eigenvalue weighted by molar-refractivity contribution is 7.52. The number of nitrogens with two attached hydrogens (primary N) is 1. The van der Waals surface area contributed by atoms with Gasteiger partial charge in [0.1, 0.15) is 35.7 Å². The van der Waals surface area contributed by atoms with Gasteiger partial charge in [-0.15, -0.1) is 0 Å². The molecule has 264 valence electrons. The monoisotopic (exact) mass is 698 g/mol. The standard InChI is InChI=1S/C33H43N6O9P/c1-19(2)25(30(41)46-21-13-6-5-7-14-21)38-49(43,48-23-16-10-12-20-11-8-9-15-22(20)23)45-17-24-27(40)33(3,42)31(47-24)39-18-35-26-28(39)36-32(34)37-29(26)44-4/h8-12,15-16,18-19,21,24-25,27,31,40,42H,5-7,13-14,17H2,1-4H3,(H,38,43)(H2,34,36,37). The number of benzene rings is 2. The zero-order chi connectivity index (χ0) is 34.9. The Kier molecular flexibility index (Phi) is 10.1. The number of aromatic nitrogens is 4. The van der Waals surface area contributed by atoms with Gasteiger partial charge in [0, 0.05) is 5.39 Å². The van der Waals surface area contributed by atoms with Crippen LogP contribution in [-0.2, 0) is 23.4 Å². The average Bonchev–Trinajstić information content (AvgIpc) is 3.59. The number of carbonyl (C=O) groups is 1. The van der Waals surface area contributed by atoms with E-state index in [2.05, 4.69) is 20.0 Å². The van der Waals surface area contributed by atoms with Crippen LogP contribution in [0, 0.1) is 5.92 Å². The number of aliphatic hydroxyl groups is 2. The molecule has 1 aliphatic heterocycles. The van der Waals surface area contributed by atoms with E-state index in [0.29, 0.717) is 5.39 Å². The third-order valence-corrected chi connectivity index (χ3v) is 10.6. The molecule has 2 aromatic heterocycles. The largest absolute Gasteiger partial charge is 0.479 e. The minimum absolute atomic E-state index is 0.0940. The summed E-state index contributed by atoms with van der Waals surface area (Å²) in [6, 6.07) is 11.6. The van der Waals surface area contributed by atoms with Gasteiger partial charge >= 0.3 is 13.7 Å². The molecule has 6 atom stereocenters. The van der Waals surface area contributed by atoms with Gasteiger partial charge in [-0.25, -0.2) is 9.55 Å². The van der Waals surface area contributed by atoms with Crippen LogP contribution in [0.25, 0.3) is 21.9 Å². The Morgan fingerprint density at radius 2 is 1.90 bits per heavy atom. The van der Waals surface area contributed by atoms with Crippen molar-refractivity contribution in [2.24, 2.45) is 5.92 Å². The number of rotatable bonds is 12. The Bertz CT molecular complexity index is 1840. The maximum Gasteiger partial charge on any atom is 0.459 e. The molecule has 4 aromatic rings. The van der Waals surface area contributed by atoms with Gasteiger partial charge in [0.25, 0.3) is 0 Å². The highest BCUT2D eigenvalue weighted by Crippen LogP contribution is 2.49. The van der Waals surface area contributed by atoms with E-state index in [1.54, 1.807) is 26.0 Å². The number of carbonyl (C=O) groups excluding carboxylic acids is 1. The minimum atomic E-state index is -4.42. The van der Waals surface area contributed by atoms with Gasteiger partial charge in [0.05, 0.1) is 20.0 Å². The van der Waals surface area contributed by atoms with Gasteiger partial charge < -0.3 is 34.7 Å². The molecule has 5 N–H and O–H groups in total. The van der Waals surface area contributed by atoms with Crippen LogP contribution < -0.4 is 20.1 Å². The van der Waals surface area contributed by atoms with Gasteiger partial charge in [-0.2, -0.15) is 15.1 Å². The number of nitrogens with one attached hydrogen (secondary N) is 1. The molecule has 6 unspecified atom stereocenters. The van der Waals surface area contributed by atoms with E-state index in [1.165, 1.54) is 24.9 Å². The molecular weight excluding hydrogens is 655 g/mol. The van der Waals surface area contributed by atoms with Gasteiger partial charge in [-0.1, -0.05) is 56.7 Å². The molecule has 49 heavy (non-hydrogen) atoms. The molecule has 2 aromatic carbocycles. The van der Waals surface area contributed by atoms with E-state index >= 15 is 0 Å². The zero-order valence-electron chi connectivity index (χ0n) is 27.9. The lowest BCUT2D eigenvalue weighted by Gasteiger charge is -2.30. The van der Waals surface area contributed by atoms with Crippen LogP contribution in [0.5, 0.6) is 11.6 Å². The third kappa shape index (κ3) is 7.23. The van der Waals surface area contributed by atoms with Crippen molar-refractivity contribution in [2.45, 2.75) is 89.1 Å². The molecule has 1 aliphatic carbocycles. The number of aliphatic hydroxyl groups excluding tert-OH is 1. The van der Waals surface area contributed by atoms with Gasteiger partial charge in [0.15, 0.2) is 17.4 Å². The number of hydrogen-bond acceptors (Lipinski definition) is 13. The first-order valence-corrected chi connectivity index (χ1v) is 17.9. The van der Waals surface area contributed by atoms with Crippen LogP contribution in [0.4, 0.5) is 5.95 Å². The summed E-state index contributed by atoms with van der Waals surface area (Å²) in [7, 11) is -3.01. The van der Waals surface area contributed by atoms with E-state index < -0.39 is 50.4 Å². The Morgan fingerprint density at radius 1 is 1.16 bits per heavy atom. The summed E-state index contributed by atoms with van der Waals surface area (Å²) in [6.07, 6.45) is 1.76. The molecule has 0 radical (unpaired) electrons. The Labute approximate surface area is 283 Å². The molecule has 0 bridgehead atoms. The first kappa shape index (κ1) is 35.0. The summed E-state index contributed by atoms with van der Waals surface area (Å²) in [5.74, 6) is -0.632. The van der Waals surface area contributed by atoms with Gasteiger partial charge in [-0.05, 0) is 50.0 Å². The number of nitrogen functional groups attached to an aromatic ring is 1. The molecule has 0 amide bonds. The molecule has 0 spiro atoms. The molecule has 2 fully saturated rings. The molecule has 1 saturated carbocycles. The summed E-state index contributed by atoms with van der Waals surface area (Å²) in [5.41, 5.74) is 4.45. The van der Waals surface area contributed by atoms with Crippen molar-refractivity contribution >= 4 is 41.6 Å². The number of esters is 1. The van der Waals surface area contributed by atoms with Crippen LogP contribution >= 0.6 is 7.75 Å². The molecular formula is C33H43N6O9P. The highest BCUT2D eigenvalue weighted by Gasteiger charge is 2.54. The number of ether oxygens (including phenoxy) is 3. The summed E-state index contributed by atoms with van der Waals surface area (Å²) in [5, 5.41) is 27.1. The summed E-state index contributed by atoms with van der Waals surface area (Å²) >= 11 is 0. The fraction of sp³-hybridized carbons (Fsp3) is 0.515. The first-order chi connectivity index (χ1) is 23.4. The second kappa shape index (κ2) is 14.2. The van der Waals surface area contributed by atoms with Crippen molar-refractivity contribution in [2.75, 3.05) is 19.5 Å². The summed E-state index contributed by atoms with van der Waals surface area (Å²) in [4.78, 5) is 26.0. The van der Waals surface area contributed by atoms with Crippen molar-refractivity contribution in [1.82, 2.24) is 24.6 Å². The van der Waals surface area contributed by atoms with E-state index in [4.69, 9.17) is 29.0 Å². The number of hydrogen-bond donors (Lipinski definition) is 4. The van der Waals surface area contributed by atoms with Crippen LogP contribution in [0.1, 0.15) is 59.1 Å². The quantitative estimate of drug-likeness (QED) is 0.121. The Balaban J connectivity index is 1.28. The number of nitrogens with zero attached hydrogens (tertiary/aromatic N) is 4. The van der Waals surface area contributed by atoms with Crippen molar-refractivity contribution in [3.8, 4) is 11.6 Å². The number of fused-ring (bicyclic) bond motifs is 2. The topological polar surface area (TPSA) is 202 Å². The third-order valence-electron chi connectivity index (χ3n) is 9.04. The minimum Gasteiger partial charge on any atom is -0.479 e. The van der Waals surface area contributed by atoms with Gasteiger partial charge in [0.2, 0.25) is 11.8 Å². The summed E-state index contributed by atoms with van der Waals surface area (Å²) in [6.45, 7) is 4.48.